The maximum absolute atomic E-state index is 5.47. The zero-order valence-electron chi connectivity index (χ0n) is 80.9. The van der Waals surface area contributed by atoms with E-state index < -0.39 is 0 Å². The van der Waals surface area contributed by atoms with Crippen LogP contribution in [0.25, 0.3) is 297 Å². The summed E-state index contributed by atoms with van der Waals surface area (Å²) in [6, 6.07) is 180. The van der Waals surface area contributed by atoms with Crippen LogP contribution in [0.4, 0.5) is 0 Å². The molecule has 33 rings (SSSR count). The molecule has 0 saturated heterocycles. The molecule has 696 valence electrons. The van der Waals surface area contributed by atoms with Crippen LogP contribution in [0.2, 0.25) is 0 Å². The van der Waals surface area contributed by atoms with Crippen molar-refractivity contribution in [2.45, 2.75) is 0 Å². The SMILES string of the molecule is c1ccc(-c2ccc3nc(-c4ccccc4)c(-n4c5ccccc5c5cc6c(cc54)c4ccccc4n6-c4ccccc4)nc3c2)cc1.c1ccc(-c2nc3ccccc3nc2-n2c3ccccc3c3cc4c(cc32)c2ccccc2n4-c2ccc3c4ccccc4c4ccccc4c3c2)cc1.c1ccc2nc(-n3c4ccccc4c4cc5c(cc43)c3ccccc3n5-c3ccc4c5ccccc5c5ccccc5c4c3)cnc2c1. The Morgan fingerprint density at radius 3 is 0.767 bits per heavy atom. The van der Waals surface area contributed by atoms with E-state index in [0.29, 0.717) is 0 Å². The lowest BCUT2D eigenvalue weighted by Gasteiger charge is -2.14. The second-order valence-corrected chi connectivity index (χ2v) is 39.1. The van der Waals surface area contributed by atoms with Gasteiger partial charge in [0.2, 0.25) is 0 Å². The van der Waals surface area contributed by atoms with Gasteiger partial charge in [-0.15, -0.1) is 0 Å². The molecule has 9 heterocycles. The lowest BCUT2D eigenvalue weighted by Crippen LogP contribution is -2.04. The van der Waals surface area contributed by atoms with E-state index in [-0.39, 0.29) is 0 Å². The Morgan fingerprint density at radius 1 is 0.127 bits per heavy atom. The monoisotopic (exact) mass is 1910 g/mol. The second-order valence-electron chi connectivity index (χ2n) is 39.1. The van der Waals surface area contributed by atoms with Gasteiger partial charge in [0.05, 0.1) is 105 Å². The molecule has 9 aromatic heterocycles. The summed E-state index contributed by atoms with van der Waals surface area (Å²) in [5.74, 6) is 2.45. The van der Waals surface area contributed by atoms with Crippen molar-refractivity contribution in [2.24, 2.45) is 0 Å². The van der Waals surface area contributed by atoms with Crippen LogP contribution >= 0.6 is 0 Å². The summed E-state index contributed by atoms with van der Waals surface area (Å²) in [5.41, 5.74) is 28.4. The first-order chi connectivity index (χ1) is 74.4. The molecule has 0 radical (unpaired) electrons. The highest BCUT2D eigenvalue weighted by atomic mass is 15.1. The van der Waals surface area contributed by atoms with E-state index in [4.69, 9.17) is 29.9 Å². The van der Waals surface area contributed by atoms with Gasteiger partial charge in [0.1, 0.15) is 11.4 Å². The molecule has 150 heavy (non-hydrogen) atoms. The first kappa shape index (κ1) is 84.2. The minimum absolute atomic E-state index is 0.816. The maximum atomic E-state index is 5.47. The normalized spacial score (nSPS) is 12.0. The van der Waals surface area contributed by atoms with Gasteiger partial charge in [-0.3, -0.25) is 18.7 Å². The topological polar surface area (TPSA) is 107 Å². The third-order valence-electron chi connectivity index (χ3n) is 30.9. The molecule has 0 bridgehead atoms. The Kier molecular flexibility index (Phi) is 18.9. The van der Waals surface area contributed by atoms with E-state index in [1.54, 1.807) is 0 Å². The van der Waals surface area contributed by atoms with Gasteiger partial charge < -0.3 is 13.7 Å². The van der Waals surface area contributed by atoms with Gasteiger partial charge >= 0.3 is 0 Å². The summed E-state index contributed by atoms with van der Waals surface area (Å²) in [6.07, 6.45) is 1.89. The minimum Gasteiger partial charge on any atom is -0.309 e. The first-order valence-electron chi connectivity index (χ1n) is 51.0. The summed E-state index contributed by atoms with van der Waals surface area (Å²) in [4.78, 5) is 31.3. The van der Waals surface area contributed by atoms with Crippen molar-refractivity contribution in [3.63, 3.8) is 0 Å². The molecular formula is C138H84N12. The molecule has 0 amide bonds. The van der Waals surface area contributed by atoms with Crippen molar-refractivity contribution >= 4 is 229 Å². The van der Waals surface area contributed by atoms with Gasteiger partial charge in [-0.2, -0.15) is 0 Å². The van der Waals surface area contributed by atoms with Crippen LogP contribution in [-0.4, -0.2) is 57.3 Å². The third kappa shape index (κ3) is 13.1. The van der Waals surface area contributed by atoms with Crippen LogP contribution in [0.15, 0.2) is 510 Å². The molecule has 33 aromatic rings. The zero-order chi connectivity index (χ0) is 98.3. The van der Waals surface area contributed by atoms with Crippen molar-refractivity contribution < 1.29 is 0 Å². The molecule has 0 saturated carbocycles. The van der Waals surface area contributed by atoms with E-state index in [1.165, 1.54) is 162 Å². The minimum atomic E-state index is 0.816. The number of rotatable bonds is 9. The van der Waals surface area contributed by atoms with Crippen LogP contribution in [0.3, 0.4) is 0 Å². The third-order valence-corrected chi connectivity index (χ3v) is 30.9. The molecule has 0 spiro atoms. The number of hydrogen-bond donors (Lipinski definition) is 0. The largest absolute Gasteiger partial charge is 0.309 e. The van der Waals surface area contributed by atoms with E-state index in [0.717, 1.165) is 134 Å². The van der Waals surface area contributed by atoms with Crippen LogP contribution in [-0.2, 0) is 0 Å². The van der Waals surface area contributed by atoms with Crippen molar-refractivity contribution in [3.8, 4) is 68.2 Å². The molecule has 24 aromatic carbocycles. The molecule has 0 unspecified atom stereocenters. The average molecular weight is 1910 g/mol. The van der Waals surface area contributed by atoms with Crippen LogP contribution in [0.5, 0.6) is 0 Å². The van der Waals surface area contributed by atoms with Crippen LogP contribution < -0.4 is 0 Å². The Labute approximate surface area is 857 Å². The number of nitrogens with zero attached hydrogens (tertiary/aromatic N) is 12. The Hall–Kier alpha value is -20.3. The highest BCUT2D eigenvalue weighted by molar-refractivity contribution is 6.29. The summed E-state index contributed by atoms with van der Waals surface area (Å²) in [7, 11) is 0. The van der Waals surface area contributed by atoms with Gasteiger partial charge in [0.25, 0.3) is 0 Å². The molecular weight excluding hydrogens is 1830 g/mol. The Morgan fingerprint density at radius 2 is 0.387 bits per heavy atom. The smallest absolute Gasteiger partial charge is 0.165 e. The van der Waals surface area contributed by atoms with Crippen molar-refractivity contribution in [1.29, 1.82) is 0 Å². The van der Waals surface area contributed by atoms with Crippen LogP contribution in [0.1, 0.15) is 0 Å². The zero-order valence-corrected chi connectivity index (χ0v) is 80.9. The Bertz CT molecular complexity index is 11400. The molecule has 0 atom stereocenters. The summed E-state index contributed by atoms with van der Waals surface area (Å²) in [5, 5.41) is 29.7. The van der Waals surface area contributed by atoms with Gasteiger partial charge in [0.15, 0.2) is 17.5 Å². The molecule has 0 N–H and O–H groups in total. The lowest BCUT2D eigenvalue weighted by molar-refractivity contribution is 1.08. The highest BCUT2D eigenvalue weighted by Crippen LogP contribution is 2.49. The van der Waals surface area contributed by atoms with E-state index in [1.807, 2.05) is 66.9 Å². The van der Waals surface area contributed by atoms with Crippen LogP contribution in [0, 0.1) is 0 Å². The lowest BCUT2D eigenvalue weighted by atomic mass is 9.94. The fourth-order valence-electron chi connectivity index (χ4n) is 24.3. The summed E-state index contributed by atoms with van der Waals surface area (Å²) in [6.45, 7) is 0. The molecule has 0 aliphatic carbocycles. The summed E-state index contributed by atoms with van der Waals surface area (Å²) >= 11 is 0. The van der Waals surface area contributed by atoms with Crippen molar-refractivity contribution in [1.82, 2.24) is 57.3 Å². The van der Waals surface area contributed by atoms with Gasteiger partial charge in [0, 0.05) is 92.8 Å². The number of aromatic nitrogens is 12. The predicted octanol–water partition coefficient (Wildman–Crippen LogP) is 35.4. The number of benzene rings is 24. The second kappa shape index (κ2) is 33.6. The maximum Gasteiger partial charge on any atom is 0.165 e. The molecule has 12 heteroatoms. The summed E-state index contributed by atoms with van der Waals surface area (Å²) < 4.78 is 14.2. The number of para-hydroxylation sites is 11. The van der Waals surface area contributed by atoms with Gasteiger partial charge in [-0.25, -0.2) is 24.9 Å². The molecule has 0 aliphatic heterocycles. The fourth-order valence-corrected chi connectivity index (χ4v) is 24.3. The predicted molar refractivity (Wildman–Crippen MR) is 626 cm³/mol. The van der Waals surface area contributed by atoms with Gasteiger partial charge in [-0.05, 0) is 221 Å². The Balaban J connectivity index is 0.000000102. The van der Waals surface area contributed by atoms with Crippen molar-refractivity contribution in [2.75, 3.05) is 0 Å². The molecule has 0 fully saturated rings. The molecule has 12 nitrogen and oxygen atoms in total. The van der Waals surface area contributed by atoms with Crippen molar-refractivity contribution in [3.05, 3.63) is 510 Å². The standard InChI is InChI=1S/C50H30N4.C44H26N4.C44H28N4/c1-2-14-31(15-3-1)49-50(52-44-23-11-10-22-43(44)51-49)54-46-25-13-9-21-39(46)42-29-47-41(30-48(42)54)38-20-8-12-24-45(38)53(47)32-26-27-37-35-18-5-4-16-33(35)34-17-6-7-19-36(34)40(37)28-32;1-2-13-30-28(11-1)29-12-3-4-14-31(29)35-23-27(21-22-32(30)35)47-40-19-9-5-15-33(40)36-25-43-37(24-42(36)47)34-16-6-10-20-41(34)48(43)44-26-45-38-17-7-8-18-39(38)46-44;1-4-14-29(15-5-1)31-24-25-37-38(26-31)46-44(43(45-37)30-16-6-2-7-17-30)48-40-23-13-11-21-34(40)36-27-41-35(28-42(36)48)33-20-10-12-22-39(33)47(41)32-18-8-3-9-19-32/h1-30H;1-26H;1-28H. The highest BCUT2D eigenvalue weighted by Gasteiger charge is 2.29. The van der Waals surface area contributed by atoms with E-state index in [2.05, 4.69) is 470 Å². The average Bonchev–Trinajstić information content (AvgIpc) is 1.51. The first-order valence-corrected chi connectivity index (χ1v) is 51.0. The number of hydrogen-bond acceptors (Lipinski definition) is 6. The quantitative estimate of drug-likeness (QED) is 0.133. The molecule has 0 aliphatic rings. The van der Waals surface area contributed by atoms with E-state index >= 15 is 0 Å². The van der Waals surface area contributed by atoms with E-state index in [9.17, 15) is 0 Å². The number of fused-ring (bicyclic) bond motifs is 33. The van der Waals surface area contributed by atoms with Gasteiger partial charge in [-0.1, -0.05) is 358 Å². The fraction of sp³-hybridized carbons (Fsp3) is 0.